The van der Waals surface area contributed by atoms with Crippen LogP contribution in [0, 0.1) is 11.8 Å². The van der Waals surface area contributed by atoms with E-state index in [9.17, 15) is 4.79 Å². The Labute approximate surface area is 127 Å². The number of carbonyl (C=O) groups excluding carboxylic acids is 1. The van der Waals surface area contributed by atoms with Crippen molar-refractivity contribution < 1.29 is 4.79 Å². The van der Waals surface area contributed by atoms with Crippen LogP contribution in [0.25, 0.3) is 0 Å². The number of nitrogens with zero attached hydrogens (tertiary/aromatic N) is 1. The predicted molar refractivity (Wildman–Crippen MR) is 86.0 cm³/mol. The smallest absolute Gasteiger partial charge is 0.255 e. The highest BCUT2D eigenvalue weighted by atomic mass is 16.2. The molecule has 0 bridgehead atoms. The highest BCUT2D eigenvalue weighted by molar-refractivity contribution is 5.97. The van der Waals surface area contributed by atoms with Gasteiger partial charge in [-0.25, -0.2) is 0 Å². The lowest BCUT2D eigenvalue weighted by atomic mass is 10.0. The number of carbonyl (C=O) groups is 1. The Hall–Kier alpha value is -1.79. The first kappa shape index (κ1) is 15.6. The van der Waals surface area contributed by atoms with Crippen LogP contribution in [-0.2, 0) is 0 Å². The Morgan fingerprint density at radius 1 is 1.33 bits per heavy atom. The van der Waals surface area contributed by atoms with Crippen LogP contribution < -0.4 is 5.73 Å². The summed E-state index contributed by atoms with van der Waals surface area (Å²) in [6.07, 6.45) is 5.66. The zero-order chi connectivity index (χ0) is 15.1. The molecule has 1 saturated heterocycles. The molecule has 1 aliphatic rings. The van der Waals surface area contributed by atoms with Gasteiger partial charge in [-0.2, -0.15) is 0 Å². The van der Waals surface area contributed by atoms with Crippen molar-refractivity contribution in [1.82, 2.24) is 4.90 Å². The van der Waals surface area contributed by atoms with Gasteiger partial charge < -0.3 is 10.6 Å². The molecule has 1 fully saturated rings. The molecule has 3 nitrogen and oxygen atoms in total. The summed E-state index contributed by atoms with van der Waals surface area (Å²) >= 11 is 0. The Bertz CT molecular complexity index is 542. The fourth-order valence-electron chi connectivity index (χ4n) is 2.95. The maximum absolute atomic E-state index is 12.9. The van der Waals surface area contributed by atoms with Crippen molar-refractivity contribution in [2.24, 2.45) is 5.73 Å². The average Bonchev–Trinajstić information content (AvgIpc) is 2.77. The Kier molecular flexibility index (Phi) is 5.83. The van der Waals surface area contributed by atoms with Crippen LogP contribution >= 0.6 is 0 Å². The van der Waals surface area contributed by atoms with Crippen molar-refractivity contribution in [3.05, 3.63) is 35.4 Å². The highest BCUT2D eigenvalue weighted by Gasteiger charge is 2.26. The highest BCUT2D eigenvalue weighted by Crippen LogP contribution is 2.22. The minimum atomic E-state index is 0.116. The molecule has 1 unspecified atom stereocenters. The first-order valence-electron chi connectivity index (χ1n) is 7.86. The number of hydrogen-bond donors (Lipinski definition) is 1. The summed E-state index contributed by atoms with van der Waals surface area (Å²) in [6, 6.07) is 7.95. The van der Waals surface area contributed by atoms with E-state index in [4.69, 9.17) is 5.73 Å². The minimum absolute atomic E-state index is 0.116. The second-order valence-electron chi connectivity index (χ2n) is 5.46. The first-order chi connectivity index (χ1) is 10.3. The lowest BCUT2D eigenvalue weighted by Gasteiger charge is -2.29. The van der Waals surface area contributed by atoms with Crippen molar-refractivity contribution in [3.63, 3.8) is 0 Å². The largest absolute Gasteiger partial charge is 0.336 e. The number of nitrogens with two attached hydrogens (primary N) is 1. The summed E-state index contributed by atoms with van der Waals surface area (Å²) in [5.41, 5.74) is 6.93. The van der Waals surface area contributed by atoms with Crippen LogP contribution in [0.1, 0.15) is 54.9 Å². The summed E-state index contributed by atoms with van der Waals surface area (Å²) in [5.74, 6) is 5.98. The third kappa shape index (κ3) is 3.86. The van der Waals surface area contributed by atoms with E-state index in [0.717, 1.165) is 31.4 Å². The molecule has 1 amide bonds. The second kappa shape index (κ2) is 7.85. The Morgan fingerprint density at radius 3 is 2.90 bits per heavy atom. The van der Waals surface area contributed by atoms with Gasteiger partial charge in [0.1, 0.15) is 0 Å². The van der Waals surface area contributed by atoms with E-state index < -0.39 is 0 Å². The fraction of sp³-hybridized carbons (Fsp3) is 0.500. The van der Waals surface area contributed by atoms with Crippen LogP contribution in [0.5, 0.6) is 0 Å². The molecule has 2 rings (SSSR count). The van der Waals surface area contributed by atoms with Gasteiger partial charge in [0.05, 0.1) is 12.1 Å². The van der Waals surface area contributed by atoms with Crippen molar-refractivity contribution in [3.8, 4) is 11.8 Å². The van der Waals surface area contributed by atoms with Gasteiger partial charge in [-0.3, -0.25) is 4.79 Å². The molecule has 1 heterocycles. The Balaban J connectivity index is 2.29. The molecule has 1 aliphatic heterocycles. The van der Waals surface area contributed by atoms with E-state index in [1.807, 2.05) is 24.3 Å². The van der Waals surface area contributed by atoms with Gasteiger partial charge in [0.15, 0.2) is 0 Å². The number of amides is 1. The monoisotopic (exact) mass is 284 g/mol. The predicted octanol–water partition coefficient (Wildman–Crippen LogP) is 2.79. The normalized spacial score (nSPS) is 18.6. The molecule has 3 heteroatoms. The van der Waals surface area contributed by atoms with Crippen molar-refractivity contribution in [2.45, 2.75) is 45.1 Å². The van der Waals surface area contributed by atoms with E-state index in [1.54, 1.807) is 0 Å². The maximum Gasteiger partial charge on any atom is 0.255 e. The van der Waals surface area contributed by atoms with Crippen molar-refractivity contribution in [2.75, 3.05) is 13.1 Å². The van der Waals surface area contributed by atoms with Crippen molar-refractivity contribution in [1.29, 1.82) is 0 Å². The lowest BCUT2D eigenvalue weighted by molar-refractivity contribution is 0.0678. The Morgan fingerprint density at radius 2 is 2.14 bits per heavy atom. The van der Waals surface area contributed by atoms with Crippen LogP contribution in [0.2, 0.25) is 0 Å². The van der Waals surface area contributed by atoms with E-state index in [2.05, 4.69) is 23.7 Å². The molecule has 0 radical (unpaired) electrons. The fourth-order valence-corrected chi connectivity index (χ4v) is 2.95. The van der Waals surface area contributed by atoms with Gasteiger partial charge in [-0.05, 0) is 31.4 Å². The van der Waals surface area contributed by atoms with Crippen LogP contribution in [0.3, 0.4) is 0 Å². The zero-order valence-corrected chi connectivity index (χ0v) is 12.8. The summed E-state index contributed by atoms with van der Waals surface area (Å²) in [7, 11) is 0. The third-order valence-electron chi connectivity index (χ3n) is 4.09. The number of benzene rings is 1. The number of likely N-dealkylation sites (tertiary alicyclic amines) is 1. The minimum Gasteiger partial charge on any atom is -0.336 e. The molecule has 0 saturated carbocycles. The van der Waals surface area contributed by atoms with E-state index in [1.165, 1.54) is 12.8 Å². The maximum atomic E-state index is 12.9. The van der Waals surface area contributed by atoms with E-state index >= 15 is 0 Å². The van der Waals surface area contributed by atoms with Crippen LogP contribution in [-0.4, -0.2) is 29.9 Å². The van der Waals surface area contributed by atoms with Gasteiger partial charge in [0.2, 0.25) is 0 Å². The SMILES string of the molecule is CCC1CCCCCN1C(=O)c1ccccc1C#CCN. The quantitative estimate of drug-likeness (QED) is 0.849. The van der Waals surface area contributed by atoms with Crippen LogP contribution in [0.15, 0.2) is 24.3 Å². The van der Waals surface area contributed by atoms with Gasteiger partial charge in [0, 0.05) is 18.2 Å². The molecule has 1 atom stereocenters. The zero-order valence-electron chi connectivity index (χ0n) is 12.8. The summed E-state index contributed by atoms with van der Waals surface area (Å²) in [6.45, 7) is 3.33. The second-order valence-corrected chi connectivity index (χ2v) is 5.46. The molecule has 0 aromatic heterocycles. The number of hydrogen-bond acceptors (Lipinski definition) is 2. The standard InChI is InChI=1S/C18H24N2O/c1-2-16-11-4-3-7-14-20(16)18(21)17-12-6-5-9-15(17)10-8-13-19/h5-6,9,12,16H,2-4,7,11,13-14,19H2,1H3. The van der Waals surface area contributed by atoms with Gasteiger partial charge in [-0.15, -0.1) is 0 Å². The van der Waals surface area contributed by atoms with Gasteiger partial charge in [-0.1, -0.05) is 43.7 Å². The topological polar surface area (TPSA) is 46.3 Å². The lowest BCUT2D eigenvalue weighted by Crippen LogP contribution is -2.40. The average molecular weight is 284 g/mol. The molecule has 112 valence electrons. The van der Waals surface area contributed by atoms with Crippen molar-refractivity contribution >= 4 is 5.91 Å². The summed E-state index contributed by atoms with van der Waals surface area (Å²) in [4.78, 5) is 15.0. The third-order valence-corrected chi connectivity index (χ3v) is 4.09. The summed E-state index contributed by atoms with van der Waals surface area (Å²) < 4.78 is 0. The molecular formula is C18H24N2O. The molecule has 21 heavy (non-hydrogen) atoms. The number of rotatable bonds is 2. The molecule has 0 aliphatic carbocycles. The van der Waals surface area contributed by atoms with Gasteiger partial charge in [0.25, 0.3) is 5.91 Å². The molecule has 0 spiro atoms. The molecule has 1 aromatic rings. The van der Waals surface area contributed by atoms with E-state index in [-0.39, 0.29) is 5.91 Å². The van der Waals surface area contributed by atoms with E-state index in [0.29, 0.717) is 18.2 Å². The summed E-state index contributed by atoms with van der Waals surface area (Å²) in [5, 5.41) is 0. The molecule has 1 aromatic carbocycles. The van der Waals surface area contributed by atoms with Crippen LogP contribution in [0.4, 0.5) is 0 Å². The molecular weight excluding hydrogens is 260 g/mol. The van der Waals surface area contributed by atoms with Gasteiger partial charge >= 0.3 is 0 Å². The molecule has 2 N–H and O–H groups in total. The first-order valence-corrected chi connectivity index (χ1v) is 7.86.